The summed E-state index contributed by atoms with van der Waals surface area (Å²) in [6, 6.07) is 13.3. The van der Waals surface area contributed by atoms with Crippen molar-refractivity contribution < 1.29 is 9.18 Å². The summed E-state index contributed by atoms with van der Waals surface area (Å²) >= 11 is 0. The molecular formula is C17H12FNO. The number of aromatic nitrogens is 1. The summed E-state index contributed by atoms with van der Waals surface area (Å²) in [6.45, 7) is 1.74. The Morgan fingerprint density at radius 1 is 1.10 bits per heavy atom. The molecule has 0 aliphatic carbocycles. The van der Waals surface area contributed by atoms with Crippen LogP contribution in [0.25, 0.3) is 10.9 Å². The van der Waals surface area contributed by atoms with Crippen LogP contribution in [0.1, 0.15) is 21.5 Å². The first kappa shape index (κ1) is 12.5. The first-order chi connectivity index (χ1) is 9.65. The van der Waals surface area contributed by atoms with E-state index in [2.05, 4.69) is 4.98 Å². The number of rotatable bonds is 2. The Kier molecular flexibility index (Phi) is 3.03. The molecule has 0 atom stereocenters. The second kappa shape index (κ2) is 4.85. The van der Waals surface area contributed by atoms with Gasteiger partial charge < -0.3 is 0 Å². The van der Waals surface area contributed by atoms with Gasteiger partial charge in [-0.1, -0.05) is 6.07 Å². The molecule has 3 aromatic rings. The van der Waals surface area contributed by atoms with Crippen LogP contribution >= 0.6 is 0 Å². The van der Waals surface area contributed by atoms with Crippen LogP contribution in [-0.4, -0.2) is 10.8 Å². The monoisotopic (exact) mass is 265 g/mol. The Bertz CT molecular complexity index is 811. The average molecular weight is 265 g/mol. The lowest BCUT2D eigenvalue weighted by Crippen LogP contribution is -2.04. The maximum absolute atomic E-state index is 13.1. The van der Waals surface area contributed by atoms with E-state index in [0.29, 0.717) is 16.7 Å². The van der Waals surface area contributed by atoms with Gasteiger partial charge in [0.1, 0.15) is 5.82 Å². The van der Waals surface area contributed by atoms with Crippen molar-refractivity contribution >= 4 is 16.7 Å². The summed E-state index contributed by atoms with van der Waals surface area (Å²) < 4.78 is 13.1. The number of hydrogen-bond donors (Lipinski definition) is 0. The summed E-state index contributed by atoms with van der Waals surface area (Å²) in [5.41, 5.74) is 2.59. The zero-order valence-corrected chi connectivity index (χ0v) is 10.9. The van der Waals surface area contributed by atoms with Crippen molar-refractivity contribution in [2.45, 2.75) is 6.92 Å². The minimum absolute atomic E-state index is 0.103. The average Bonchev–Trinajstić information content (AvgIpc) is 2.46. The van der Waals surface area contributed by atoms with Crippen LogP contribution in [0.2, 0.25) is 0 Å². The maximum Gasteiger partial charge on any atom is 0.193 e. The van der Waals surface area contributed by atoms with Gasteiger partial charge in [-0.2, -0.15) is 0 Å². The molecule has 1 aromatic heterocycles. The van der Waals surface area contributed by atoms with Gasteiger partial charge in [0, 0.05) is 22.7 Å². The fourth-order valence-corrected chi connectivity index (χ4v) is 2.25. The highest BCUT2D eigenvalue weighted by atomic mass is 19.1. The lowest BCUT2D eigenvalue weighted by molar-refractivity contribution is 0.103. The van der Waals surface area contributed by atoms with Crippen LogP contribution in [-0.2, 0) is 0 Å². The SMILES string of the molecule is Cc1cc(F)ccc1C(=O)c1ccc2ncccc2c1. The van der Waals surface area contributed by atoms with E-state index in [0.717, 1.165) is 10.9 Å². The third-order valence-corrected chi connectivity index (χ3v) is 3.30. The standard InChI is InChI=1S/C17H12FNO/c1-11-9-14(18)5-6-15(11)17(20)13-4-7-16-12(10-13)3-2-8-19-16/h2-10H,1H3. The Hall–Kier alpha value is -2.55. The van der Waals surface area contributed by atoms with E-state index >= 15 is 0 Å². The number of fused-ring (bicyclic) bond motifs is 1. The molecule has 3 rings (SSSR count). The number of pyridine rings is 1. The number of halogens is 1. The summed E-state index contributed by atoms with van der Waals surface area (Å²) in [6.07, 6.45) is 1.72. The summed E-state index contributed by atoms with van der Waals surface area (Å²) in [4.78, 5) is 16.7. The van der Waals surface area contributed by atoms with Gasteiger partial charge in [-0.25, -0.2) is 4.39 Å². The number of ketones is 1. The molecule has 0 unspecified atom stereocenters. The van der Waals surface area contributed by atoms with Crippen molar-refractivity contribution in [1.82, 2.24) is 4.98 Å². The predicted octanol–water partition coefficient (Wildman–Crippen LogP) is 3.91. The molecule has 0 N–H and O–H groups in total. The van der Waals surface area contributed by atoms with Gasteiger partial charge in [0.2, 0.25) is 0 Å². The lowest BCUT2D eigenvalue weighted by atomic mass is 9.98. The van der Waals surface area contributed by atoms with E-state index in [1.165, 1.54) is 18.2 Å². The molecule has 3 heteroatoms. The smallest absolute Gasteiger partial charge is 0.193 e. The van der Waals surface area contributed by atoms with Gasteiger partial charge in [-0.15, -0.1) is 0 Å². The highest BCUT2D eigenvalue weighted by Gasteiger charge is 2.12. The zero-order chi connectivity index (χ0) is 14.1. The van der Waals surface area contributed by atoms with Crippen molar-refractivity contribution in [3.05, 3.63) is 77.2 Å². The molecule has 0 amide bonds. The normalized spacial score (nSPS) is 10.7. The quantitative estimate of drug-likeness (QED) is 0.657. The van der Waals surface area contributed by atoms with Crippen LogP contribution < -0.4 is 0 Å². The lowest BCUT2D eigenvalue weighted by Gasteiger charge is -2.06. The van der Waals surface area contributed by atoms with Crippen LogP contribution in [0.15, 0.2) is 54.7 Å². The fourth-order valence-electron chi connectivity index (χ4n) is 2.25. The zero-order valence-electron chi connectivity index (χ0n) is 10.9. The van der Waals surface area contributed by atoms with Crippen molar-refractivity contribution in [2.24, 2.45) is 0 Å². The first-order valence-electron chi connectivity index (χ1n) is 6.31. The molecule has 1 heterocycles. The number of carbonyl (C=O) groups excluding carboxylic acids is 1. The molecule has 0 aliphatic heterocycles. The molecule has 0 radical (unpaired) electrons. The molecule has 0 aliphatic rings. The molecule has 20 heavy (non-hydrogen) atoms. The second-order valence-corrected chi connectivity index (χ2v) is 4.70. The van der Waals surface area contributed by atoms with E-state index in [9.17, 15) is 9.18 Å². The highest BCUT2D eigenvalue weighted by Crippen LogP contribution is 2.19. The van der Waals surface area contributed by atoms with E-state index in [4.69, 9.17) is 0 Å². The third kappa shape index (κ3) is 2.18. The van der Waals surface area contributed by atoms with Gasteiger partial charge in [0.25, 0.3) is 0 Å². The highest BCUT2D eigenvalue weighted by molar-refractivity contribution is 6.11. The van der Waals surface area contributed by atoms with Crippen LogP contribution in [0.3, 0.4) is 0 Å². The van der Waals surface area contributed by atoms with E-state index < -0.39 is 0 Å². The minimum atomic E-state index is -0.332. The van der Waals surface area contributed by atoms with Crippen LogP contribution in [0.4, 0.5) is 4.39 Å². The Morgan fingerprint density at radius 3 is 2.75 bits per heavy atom. The van der Waals surface area contributed by atoms with E-state index in [-0.39, 0.29) is 11.6 Å². The van der Waals surface area contributed by atoms with Crippen molar-refractivity contribution in [3.63, 3.8) is 0 Å². The number of aryl methyl sites for hydroxylation is 1. The predicted molar refractivity (Wildman–Crippen MR) is 76.3 cm³/mol. The number of benzene rings is 2. The van der Waals surface area contributed by atoms with Crippen LogP contribution in [0, 0.1) is 12.7 Å². The summed E-state index contributed by atoms with van der Waals surface area (Å²) in [7, 11) is 0. The van der Waals surface area contributed by atoms with Gasteiger partial charge >= 0.3 is 0 Å². The van der Waals surface area contributed by atoms with E-state index in [1.54, 1.807) is 19.2 Å². The minimum Gasteiger partial charge on any atom is -0.289 e. The first-order valence-corrected chi connectivity index (χ1v) is 6.31. The molecular weight excluding hydrogens is 253 g/mol. The van der Waals surface area contributed by atoms with Gasteiger partial charge in [0.05, 0.1) is 5.52 Å². The molecule has 2 nitrogen and oxygen atoms in total. The van der Waals surface area contributed by atoms with Crippen molar-refractivity contribution in [3.8, 4) is 0 Å². The Morgan fingerprint density at radius 2 is 1.95 bits per heavy atom. The molecule has 2 aromatic carbocycles. The fraction of sp³-hybridized carbons (Fsp3) is 0.0588. The van der Waals surface area contributed by atoms with Gasteiger partial charge in [-0.05, 0) is 55.0 Å². The number of carbonyl (C=O) groups is 1. The van der Waals surface area contributed by atoms with Gasteiger partial charge in [-0.3, -0.25) is 9.78 Å². The van der Waals surface area contributed by atoms with Crippen molar-refractivity contribution in [2.75, 3.05) is 0 Å². The molecule has 0 saturated heterocycles. The number of nitrogens with zero attached hydrogens (tertiary/aromatic N) is 1. The van der Waals surface area contributed by atoms with Crippen LogP contribution in [0.5, 0.6) is 0 Å². The summed E-state index contributed by atoms with van der Waals surface area (Å²) in [5.74, 6) is -0.435. The molecule has 0 fully saturated rings. The molecule has 0 saturated carbocycles. The third-order valence-electron chi connectivity index (χ3n) is 3.30. The Labute approximate surface area is 115 Å². The van der Waals surface area contributed by atoms with Gasteiger partial charge in [0.15, 0.2) is 5.78 Å². The molecule has 0 spiro atoms. The second-order valence-electron chi connectivity index (χ2n) is 4.70. The topological polar surface area (TPSA) is 30.0 Å². The Balaban J connectivity index is 2.08. The molecule has 98 valence electrons. The summed E-state index contributed by atoms with van der Waals surface area (Å²) in [5, 5.41) is 0.915. The molecule has 0 bridgehead atoms. The largest absolute Gasteiger partial charge is 0.289 e. The van der Waals surface area contributed by atoms with Crippen molar-refractivity contribution in [1.29, 1.82) is 0 Å². The maximum atomic E-state index is 13.1. The van der Waals surface area contributed by atoms with E-state index in [1.807, 2.05) is 24.3 Å². The number of hydrogen-bond acceptors (Lipinski definition) is 2.